The van der Waals surface area contributed by atoms with Crippen molar-refractivity contribution in [3.63, 3.8) is 0 Å². The number of Topliss-reactive ketones (excluding diaryl/α,β-unsaturated/α-hetero) is 1. The molecule has 1 aromatic rings. The van der Waals surface area contributed by atoms with Crippen LogP contribution in [-0.4, -0.2) is 18.0 Å². The summed E-state index contributed by atoms with van der Waals surface area (Å²) >= 11 is 0. The second-order valence-electron chi connectivity index (χ2n) is 6.01. The Kier molecular flexibility index (Phi) is 5.09. The van der Waals surface area contributed by atoms with Crippen molar-refractivity contribution in [3.05, 3.63) is 35.4 Å². The van der Waals surface area contributed by atoms with Crippen molar-refractivity contribution in [3.8, 4) is 0 Å². The van der Waals surface area contributed by atoms with Gasteiger partial charge in [0, 0.05) is 6.42 Å². The van der Waals surface area contributed by atoms with E-state index in [1.165, 1.54) is 5.56 Å². The second-order valence-corrected chi connectivity index (χ2v) is 6.01. The number of rotatable bonds is 5. The number of carbonyl (C=O) groups is 1. The molecule has 0 N–H and O–H groups in total. The van der Waals surface area contributed by atoms with Gasteiger partial charge < -0.3 is 4.74 Å². The lowest BCUT2D eigenvalue weighted by atomic mass is 10.0. The fourth-order valence-corrected chi connectivity index (χ4v) is 1.60. The van der Waals surface area contributed by atoms with Gasteiger partial charge in [0.05, 0.1) is 5.60 Å². The van der Waals surface area contributed by atoms with E-state index in [0.29, 0.717) is 12.3 Å². The van der Waals surface area contributed by atoms with Gasteiger partial charge in [-0.05, 0) is 37.8 Å². The van der Waals surface area contributed by atoms with E-state index in [-0.39, 0.29) is 18.0 Å². The lowest BCUT2D eigenvalue weighted by Gasteiger charge is -2.18. The van der Waals surface area contributed by atoms with Crippen LogP contribution in [0.4, 0.5) is 0 Å². The first-order chi connectivity index (χ1) is 8.28. The van der Waals surface area contributed by atoms with Crippen LogP contribution >= 0.6 is 0 Å². The fourth-order valence-electron chi connectivity index (χ4n) is 1.60. The molecular formula is C16H24O2. The number of ether oxygens (including phenoxy) is 1. The average molecular weight is 248 g/mol. The molecular weight excluding hydrogens is 224 g/mol. The van der Waals surface area contributed by atoms with E-state index in [1.54, 1.807) is 0 Å². The molecule has 0 bridgehead atoms. The third-order valence-electron chi connectivity index (χ3n) is 2.71. The number of hydrogen-bond donors (Lipinski definition) is 0. The van der Waals surface area contributed by atoms with Crippen molar-refractivity contribution in [2.45, 2.75) is 52.6 Å². The van der Waals surface area contributed by atoms with Gasteiger partial charge in [0.2, 0.25) is 0 Å². The van der Waals surface area contributed by atoms with E-state index in [4.69, 9.17) is 4.74 Å². The van der Waals surface area contributed by atoms with Gasteiger partial charge >= 0.3 is 0 Å². The van der Waals surface area contributed by atoms with Crippen LogP contribution in [0.5, 0.6) is 0 Å². The molecule has 100 valence electrons. The molecule has 2 heteroatoms. The first kappa shape index (κ1) is 14.9. The van der Waals surface area contributed by atoms with Crippen molar-refractivity contribution in [2.75, 3.05) is 6.61 Å². The van der Waals surface area contributed by atoms with Crippen LogP contribution in [0.3, 0.4) is 0 Å². The van der Waals surface area contributed by atoms with Gasteiger partial charge in [0.15, 0.2) is 5.78 Å². The molecule has 0 aliphatic heterocycles. The average Bonchev–Trinajstić information content (AvgIpc) is 2.26. The Bertz CT molecular complexity index is 383. The van der Waals surface area contributed by atoms with E-state index in [9.17, 15) is 4.79 Å². The summed E-state index contributed by atoms with van der Waals surface area (Å²) in [6.07, 6.45) is 0.453. The maximum absolute atomic E-state index is 11.8. The van der Waals surface area contributed by atoms with Crippen LogP contribution in [0.1, 0.15) is 51.7 Å². The van der Waals surface area contributed by atoms with Crippen LogP contribution in [-0.2, 0) is 16.0 Å². The molecule has 0 fully saturated rings. The molecule has 1 rings (SSSR count). The van der Waals surface area contributed by atoms with Crippen LogP contribution < -0.4 is 0 Å². The van der Waals surface area contributed by atoms with Crippen LogP contribution in [0, 0.1) is 0 Å². The molecule has 0 heterocycles. The predicted molar refractivity (Wildman–Crippen MR) is 74.9 cm³/mol. The molecule has 18 heavy (non-hydrogen) atoms. The molecule has 0 atom stereocenters. The van der Waals surface area contributed by atoms with Crippen molar-refractivity contribution in [2.24, 2.45) is 0 Å². The van der Waals surface area contributed by atoms with Crippen LogP contribution in [0.25, 0.3) is 0 Å². The molecule has 0 amide bonds. The summed E-state index contributed by atoms with van der Waals surface area (Å²) in [5.74, 6) is 0.654. The van der Waals surface area contributed by atoms with Crippen LogP contribution in [0.15, 0.2) is 24.3 Å². The van der Waals surface area contributed by atoms with Crippen LogP contribution in [0.2, 0.25) is 0 Å². The van der Waals surface area contributed by atoms with Gasteiger partial charge in [-0.2, -0.15) is 0 Å². The quantitative estimate of drug-likeness (QED) is 0.793. The first-order valence-electron chi connectivity index (χ1n) is 6.52. The molecule has 0 saturated carbocycles. The normalized spacial score (nSPS) is 11.9. The summed E-state index contributed by atoms with van der Waals surface area (Å²) in [6, 6.07) is 8.25. The minimum absolute atomic E-state index is 0.127. The summed E-state index contributed by atoms with van der Waals surface area (Å²) in [7, 11) is 0. The molecule has 0 aliphatic rings. The second kappa shape index (κ2) is 6.14. The molecule has 1 aromatic carbocycles. The maximum Gasteiger partial charge on any atom is 0.162 e. The lowest BCUT2D eigenvalue weighted by Crippen LogP contribution is -2.24. The highest BCUT2D eigenvalue weighted by molar-refractivity contribution is 5.82. The molecule has 2 nitrogen and oxygen atoms in total. The highest BCUT2D eigenvalue weighted by Crippen LogP contribution is 2.15. The minimum atomic E-state index is -0.253. The molecule has 0 unspecified atom stereocenters. The Hall–Kier alpha value is -1.15. The molecule has 0 saturated heterocycles. The largest absolute Gasteiger partial charge is 0.368 e. The van der Waals surface area contributed by atoms with E-state index >= 15 is 0 Å². The third kappa shape index (κ3) is 5.46. The van der Waals surface area contributed by atoms with E-state index in [0.717, 1.165) is 5.56 Å². The Balaban J connectivity index is 2.50. The third-order valence-corrected chi connectivity index (χ3v) is 2.71. The van der Waals surface area contributed by atoms with Crippen molar-refractivity contribution in [1.29, 1.82) is 0 Å². The summed E-state index contributed by atoms with van der Waals surface area (Å²) in [5, 5.41) is 0. The lowest BCUT2D eigenvalue weighted by molar-refractivity contribution is -0.127. The molecule has 0 radical (unpaired) electrons. The SMILES string of the molecule is CC(C)c1ccc(CC(=O)COC(C)(C)C)cc1. The molecule has 0 spiro atoms. The highest BCUT2D eigenvalue weighted by atomic mass is 16.5. The topological polar surface area (TPSA) is 26.3 Å². The summed E-state index contributed by atoms with van der Waals surface area (Å²) in [5.41, 5.74) is 2.11. The van der Waals surface area contributed by atoms with E-state index < -0.39 is 0 Å². The number of hydrogen-bond acceptors (Lipinski definition) is 2. The number of benzene rings is 1. The van der Waals surface area contributed by atoms with E-state index in [2.05, 4.69) is 26.0 Å². The smallest absolute Gasteiger partial charge is 0.162 e. The summed E-state index contributed by atoms with van der Waals surface area (Å²) in [4.78, 5) is 11.8. The van der Waals surface area contributed by atoms with Gasteiger partial charge in [-0.3, -0.25) is 4.79 Å². The highest BCUT2D eigenvalue weighted by Gasteiger charge is 2.13. The van der Waals surface area contributed by atoms with Crippen molar-refractivity contribution in [1.82, 2.24) is 0 Å². The Morgan fingerprint density at radius 2 is 1.72 bits per heavy atom. The first-order valence-corrected chi connectivity index (χ1v) is 6.52. The van der Waals surface area contributed by atoms with Gasteiger partial charge in [-0.25, -0.2) is 0 Å². The minimum Gasteiger partial charge on any atom is -0.368 e. The maximum atomic E-state index is 11.8. The van der Waals surface area contributed by atoms with Gasteiger partial charge in [0.25, 0.3) is 0 Å². The number of ketones is 1. The van der Waals surface area contributed by atoms with Crippen molar-refractivity contribution >= 4 is 5.78 Å². The standard InChI is InChI=1S/C16H24O2/c1-12(2)14-8-6-13(7-9-14)10-15(17)11-18-16(3,4)5/h6-9,12H,10-11H2,1-5H3. The Morgan fingerprint density at radius 1 is 1.17 bits per heavy atom. The zero-order chi connectivity index (χ0) is 13.8. The molecule has 0 aromatic heterocycles. The van der Waals surface area contributed by atoms with Gasteiger partial charge in [-0.1, -0.05) is 38.1 Å². The Labute approximate surface area is 110 Å². The monoisotopic (exact) mass is 248 g/mol. The van der Waals surface area contributed by atoms with Crippen molar-refractivity contribution < 1.29 is 9.53 Å². The zero-order valence-electron chi connectivity index (χ0n) is 12.1. The Morgan fingerprint density at radius 3 is 2.17 bits per heavy atom. The van der Waals surface area contributed by atoms with Gasteiger partial charge in [0.1, 0.15) is 6.61 Å². The predicted octanol–water partition coefficient (Wildman–Crippen LogP) is 3.74. The zero-order valence-corrected chi connectivity index (χ0v) is 12.1. The fraction of sp³-hybridized carbons (Fsp3) is 0.562. The summed E-state index contributed by atoms with van der Waals surface area (Å²) < 4.78 is 5.48. The molecule has 0 aliphatic carbocycles. The summed E-state index contributed by atoms with van der Waals surface area (Å²) in [6.45, 7) is 10.4. The van der Waals surface area contributed by atoms with Gasteiger partial charge in [-0.15, -0.1) is 0 Å². The van der Waals surface area contributed by atoms with E-state index in [1.807, 2.05) is 32.9 Å². The number of carbonyl (C=O) groups excluding carboxylic acids is 1.